The molecule has 8 heteroatoms. The SMILES string of the molecule is CCc1cnc(N2CCC(Oc3ccc(-c4ccc(-n5cncn5)nc4C)cc3)CC2)nc1. The summed E-state index contributed by atoms with van der Waals surface area (Å²) in [4.78, 5) is 19.9. The van der Waals surface area contributed by atoms with Crippen LogP contribution in [-0.2, 0) is 6.42 Å². The molecule has 168 valence electrons. The van der Waals surface area contributed by atoms with Crippen LogP contribution in [0, 0.1) is 6.92 Å². The number of nitrogens with zero attached hydrogens (tertiary/aromatic N) is 7. The summed E-state index contributed by atoms with van der Waals surface area (Å²) in [6.45, 7) is 5.92. The third-order valence-electron chi connectivity index (χ3n) is 6.02. The van der Waals surface area contributed by atoms with E-state index < -0.39 is 0 Å². The molecule has 1 aliphatic heterocycles. The van der Waals surface area contributed by atoms with Gasteiger partial charge in [0, 0.05) is 49.6 Å². The van der Waals surface area contributed by atoms with Crippen LogP contribution >= 0.6 is 0 Å². The number of anilines is 1. The molecule has 8 nitrogen and oxygen atoms in total. The maximum atomic E-state index is 6.26. The monoisotopic (exact) mass is 441 g/mol. The molecule has 4 heterocycles. The van der Waals surface area contributed by atoms with Gasteiger partial charge in [-0.05, 0) is 48.7 Å². The summed E-state index contributed by atoms with van der Waals surface area (Å²) in [6.07, 6.45) is 10.1. The van der Waals surface area contributed by atoms with E-state index in [1.807, 2.05) is 37.5 Å². The van der Waals surface area contributed by atoms with Gasteiger partial charge in [-0.25, -0.2) is 24.6 Å². The lowest BCUT2D eigenvalue weighted by molar-refractivity contribution is 0.170. The Bertz CT molecular complexity index is 1180. The summed E-state index contributed by atoms with van der Waals surface area (Å²) in [5.74, 6) is 2.46. The molecule has 5 rings (SSSR count). The number of benzene rings is 1. The van der Waals surface area contributed by atoms with Crippen LogP contribution in [0.2, 0.25) is 0 Å². The van der Waals surface area contributed by atoms with Crippen LogP contribution in [0.15, 0.2) is 61.4 Å². The molecule has 0 unspecified atom stereocenters. The van der Waals surface area contributed by atoms with Gasteiger partial charge in [-0.2, -0.15) is 5.10 Å². The Hall–Kier alpha value is -3.81. The highest BCUT2D eigenvalue weighted by molar-refractivity contribution is 5.67. The van der Waals surface area contributed by atoms with E-state index in [0.29, 0.717) is 0 Å². The zero-order valence-electron chi connectivity index (χ0n) is 18.9. The predicted molar refractivity (Wildman–Crippen MR) is 127 cm³/mol. The Labute approximate surface area is 193 Å². The van der Waals surface area contributed by atoms with E-state index in [0.717, 1.165) is 72.3 Å². The molecule has 0 saturated carbocycles. The maximum Gasteiger partial charge on any atom is 0.225 e. The van der Waals surface area contributed by atoms with Crippen LogP contribution in [0.5, 0.6) is 5.75 Å². The Morgan fingerprint density at radius 3 is 2.39 bits per heavy atom. The lowest BCUT2D eigenvalue weighted by atomic mass is 10.0. The zero-order valence-corrected chi connectivity index (χ0v) is 18.9. The van der Waals surface area contributed by atoms with Crippen molar-refractivity contribution < 1.29 is 4.74 Å². The summed E-state index contributed by atoms with van der Waals surface area (Å²) in [6, 6.07) is 12.3. The number of rotatable bonds is 6. The Morgan fingerprint density at radius 1 is 1.00 bits per heavy atom. The molecular formula is C25H27N7O. The average molecular weight is 442 g/mol. The molecule has 0 spiro atoms. The number of pyridine rings is 1. The summed E-state index contributed by atoms with van der Waals surface area (Å²) in [5, 5.41) is 4.14. The molecule has 0 radical (unpaired) electrons. The van der Waals surface area contributed by atoms with Gasteiger partial charge in [0.05, 0.1) is 0 Å². The number of ether oxygens (including phenoxy) is 1. The van der Waals surface area contributed by atoms with E-state index in [-0.39, 0.29) is 6.10 Å². The van der Waals surface area contributed by atoms with E-state index >= 15 is 0 Å². The van der Waals surface area contributed by atoms with E-state index in [2.05, 4.69) is 55.1 Å². The Kier molecular flexibility index (Phi) is 5.97. The maximum absolute atomic E-state index is 6.26. The van der Waals surface area contributed by atoms with Crippen molar-refractivity contribution >= 4 is 5.95 Å². The van der Waals surface area contributed by atoms with Gasteiger partial charge in [0.25, 0.3) is 0 Å². The molecule has 0 aliphatic carbocycles. The van der Waals surface area contributed by atoms with Crippen LogP contribution in [0.3, 0.4) is 0 Å². The third kappa shape index (κ3) is 4.69. The molecule has 1 aliphatic rings. The van der Waals surface area contributed by atoms with E-state index in [1.54, 1.807) is 11.0 Å². The van der Waals surface area contributed by atoms with Crippen molar-refractivity contribution in [2.24, 2.45) is 0 Å². The summed E-state index contributed by atoms with van der Waals surface area (Å²) < 4.78 is 7.92. The van der Waals surface area contributed by atoms with Gasteiger partial charge in [0.1, 0.15) is 24.5 Å². The normalized spacial score (nSPS) is 14.4. The second-order valence-electron chi connectivity index (χ2n) is 8.22. The highest BCUT2D eigenvalue weighted by Crippen LogP contribution is 2.27. The topological polar surface area (TPSA) is 81.9 Å². The third-order valence-corrected chi connectivity index (χ3v) is 6.02. The highest BCUT2D eigenvalue weighted by Gasteiger charge is 2.22. The molecule has 4 aromatic rings. The van der Waals surface area contributed by atoms with Gasteiger partial charge in [-0.3, -0.25) is 0 Å². The molecule has 0 amide bonds. The van der Waals surface area contributed by atoms with Crippen LogP contribution < -0.4 is 9.64 Å². The van der Waals surface area contributed by atoms with Crippen LogP contribution in [0.4, 0.5) is 5.95 Å². The fourth-order valence-corrected chi connectivity index (χ4v) is 4.08. The molecule has 1 aromatic carbocycles. The first-order valence-corrected chi connectivity index (χ1v) is 11.3. The quantitative estimate of drug-likeness (QED) is 0.447. The predicted octanol–water partition coefficient (Wildman–Crippen LogP) is 4.04. The summed E-state index contributed by atoms with van der Waals surface area (Å²) >= 11 is 0. The van der Waals surface area contributed by atoms with Crippen molar-refractivity contribution in [1.29, 1.82) is 0 Å². The van der Waals surface area contributed by atoms with Crippen LogP contribution in [0.25, 0.3) is 16.9 Å². The molecule has 1 saturated heterocycles. The van der Waals surface area contributed by atoms with Gasteiger partial charge in [0.2, 0.25) is 5.95 Å². The van der Waals surface area contributed by atoms with Crippen LogP contribution in [-0.4, -0.2) is 48.9 Å². The van der Waals surface area contributed by atoms with Gasteiger partial charge in [-0.1, -0.05) is 19.1 Å². The number of hydrogen-bond donors (Lipinski definition) is 0. The fraction of sp³-hybridized carbons (Fsp3) is 0.320. The van der Waals surface area contributed by atoms with Crippen molar-refractivity contribution in [3.8, 4) is 22.7 Å². The fourth-order valence-electron chi connectivity index (χ4n) is 4.08. The molecular weight excluding hydrogens is 414 g/mol. The molecule has 33 heavy (non-hydrogen) atoms. The van der Waals surface area contributed by atoms with Gasteiger partial charge >= 0.3 is 0 Å². The largest absolute Gasteiger partial charge is 0.490 e. The van der Waals surface area contributed by atoms with Crippen molar-refractivity contribution in [3.63, 3.8) is 0 Å². The molecule has 0 bridgehead atoms. The van der Waals surface area contributed by atoms with Crippen molar-refractivity contribution in [3.05, 3.63) is 72.7 Å². The molecule has 3 aromatic heterocycles. The van der Waals surface area contributed by atoms with Crippen LogP contribution in [0.1, 0.15) is 31.0 Å². The van der Waals surface area contributed by atoms with E-state index in [4.69, 9.17) is 4.74 Å². The van der Waals surface area contributed by atoms with Crippen molar-refractivity contribution in [2.75, 3.05) is 18.0 Å². The second kappa shape index (κ2) is 9.36. The first-order chi connectivity index (χ1) is 16.2. The molecule has 1 fully saturated rings. The van der Waals surface area contributed by atoms with Crippen molar-refractivity contribution in [1.82, 2.24) is 29.7 Å². The standard InChI is InChI=1S/C25H27N7O/c1-3-19-14-27-25(28-15-19)31-12-10-22(11-13-31)33-21-6-4-20(5-7-21)23-8-9-24(30-18(23)2)32-17-26-16-29-32/h4-9,14-17,22H,3,10-13H2,1-2H3. The average Bonchev–Trinajstić information content (AvgIpc) is 3.40. The van der Waals surface area contributed by atoms with E-state index in [1.165, 1.54) is 6.33 Å². The van der Waals surface area contributed by atoms with E-state index in [9.17, 15) is 0 Å². The summed E-state index contributed by atoms with van der Waals surface area (Å²) in [7, 11) is 0. The second-order valence-corrected chi connectivity index (χ2v) is 8.22. The lowest BCUT2D eigenvalue weighted by Crippen LogP contribution is -2.39. The minimum Gasteiger partial charge on any atom is -0.490 e. The number of aryl methyl sites for hydroxylation is 2. The van der Waals surface area contributed by atoms with Gasteiger partial charge in [-0.15, -0.1) is 0 Å². The minimum absolute atomic E-state index is 0.201. The van der Waals surface area contributed by atoms with Crippen molar-refractivity contribution in [2.45, 2.75) is 39.2 Å². The number of hydrogen-bond acceptors (Lipinski definition) is 7. The first-order valence-electron chi connectivity index (χ1n) is 11.3. The Morgan fingerprint density at radius 2 is 1.76 bits per heavy atom. The lowest BCUT2D eigenvalue weighted by Gasteiger charge is -2.32. The molecule has 0 N–H and O–H groups in total. The highest BCUT2D eigenvalue weighted by atomic mass is 16.5. The Balaban J connectivity index is 1.19. The zero-order chi connectivity index (χ0) is 22.6. The van der Waals surface area contributed by atoms with Gasteiger partial charge in [0.15, 0.2) is 5.82 Å². The minimum atomic E-state index is 0.201. The van der Waals surface area contributed by atoms with Gasteiger partial charge < -0.3 is 9.64 Å². The smallest absolute Gasteiger partial charge is 0.225 e. The molecule has 0 atom stereocenters. The number of aromatic nitrogens is 6. The number of piperidine rings is 1. The first kappa shape index (κ1) is 21.1. The summed E-state index contributed by atoms with van der Waals surface area (Å²) in [5.41, 5.74) is 4.31.